The molecule has 3 aromatic rings. The highest BCUT2D eigenvalue weighted by Gasteiger charge is 2.17. The highest BCUT2D eigenvalue weighted by atomic mass is 16.5. The molecule has 0 saturated carbocycles. The van der Waals surface area contributed by atoms with Gasteiger partial charge in [0.2, 0.25) is 0 Å². The second kappa shape index (κ2) is 9.00. The van der Waals surface area contributed by atoms with E-state index in [-0.39, 0.29) is 11.7 Å². The molecule has 0 bridgehead atoms. The van der Waals surface area contributed by atoms with Crippen LogP contribution >= 0.6 is 0 Å². The fraction of sp³-hybridized carbons (Fsp3) is 0.167. The van der Waals surface area contributed by atoms with E-state index in [1.807, 2.05) is 38.1 Å². The molecule has 142 valence electrons. The number of benzene rings is 3. The van der Waals surface area contributed by atoms with Gasteiger partial charge in [0.15, 0.2) is 5.78 Å². The summed E-state index contributed by atoms with van der Waals surface area (Å²) in [7, 11) is 0. The van der Waals surface area contributed by atoms with Gasteiger partial charge in [0, 0.05) is 11.1 Å². The summed E-state index contributed by atoms with van der Waals surface area (Å²) in [6.07, 6.45) is 0. The molecule has 0 fully saturated rings. The number of rotatable bonds is 7. The standard InChI is InChI=1S/C24H23NO3/c1-17-12-13-18(2)22(16-17)28-15-14-25-24(27)21-11-7-6-10-20(21)23(26)19-8-4-3-5-9-19/h3-13,16H,14-15H2,1-2H3,(H,25,27). The maximum atomic E-state index is 12.8. The molecule has 4 nitrogen and oxygen atoms in total. The molecule has 0 atom stereocenters. The Morgan fingerprint density at radius 3 is 2.29 bits per heavy atom. The molecule has 0 saturated heterocycles. The molecule has 0 aliphatic rings. The van der Waals surface area contributed by atoms with Gasteiger partial charge in [-0.2, -0.15) is 0 Å². The molecule has 1 N–H and O–H groups in total. The van der Waals surface area contributed by atoms with Gasteiger partial charge in [-0.15, -0.1) is 0 Å². The lowest BCUT2D eigenvalue weighted by Gasteiger charge is -2.12. The summed E-state index contributed by atoms with van der Waals surface area (Å²) in [4.78, 5) is 25.4. The van der Waals surface area contributed by atoms with Crippen LogP contribution in [0.2, 0.25) is 0 Å². The van der Waals surface area contributed by atoms with Crippen LogP contribution in [0.4, 0.5) is 0 Å². The molecule has 0 aliphatic heterocycles. The smallest absolute Gasteiger partial charge is 0.252 e. The van der Waals surface area contributed by atoms with E-state index in [0.717, 1.165) is 16.9 Å². The number of aryl methyl sites for hydroxylation is 2. The fourth-order valence-electron chi connectivity index (χ4n) is 2.91. The van der Waals surface area contributed by atoms with Gasteiger partial charge in [-0.25, -0.2) is 0 Å². The van der Waals surface area contributed by atoms with Crippen molar-refractivity contribution in [1.29, 1.82) is 0 Å². The molecule has 0 unspecified atom stereocenters. The van der Waals surface area contributed by atoms with Crippen molar-refractivity contribution >= 4 is 11.7 Å². The van der Waals surface area contributed by atoms with Crippen LogP contribution in [0.1, 0.15) is 37.4 Å². The third-order valence-electron chi connectivity index (χ3n) is 4.44. The summed E-state index contributed by atoms with van der Waals surface area (Å²) in [6, 6.07) is 21.8. The normalized spacial score (nSPS) is 10.4. The Morgan fingerprint density at radius 2 is 1.54 bits per heavy atom. The van der Waals surface area contributed by atoms with Gasteiger partial charge in [0.05, 0.1) is 12.1 Å². The zero-order valence-electron chi connectivity index (χ0n) is 16.1. The maximum absolute atomic E-state index is 12.8. The van der Waals surface area contributed by atoms with Crippen LogP contribution in [-0.2, 0) is 0 Å². The van der Waals surface area contributed by atoms with E-state index < -0.39 is 0 Å². The second-order valence-corrected chi connectivity index (χ2v) is 6.61. The van der Waals surface area contributed by atoms with Crippen LogP contribution in [0.15, 0.2) is 72.8 Å². The van der Waals surface area contributed by atoms with Crippen molar-refractivity contribution in [2.75, 3.05) is 13.2 Å². The zero-order chi connectivity index (χ0) is 19.9. The van der Waals surface area contributed by atoms with Crippen LogP contribution in [0, 0.1) is 13.8 Å². The van der Waals surface area contributed by atoms with Crippen molar-refractivity contribution in [3.05, 3.63) is 101 Å². The predicted octanol–water partition coefficient (Wildman–Crippen LogP) is 4.34. The third-order valence-corrected chi connectivity index (χ3v) is 4.44. The maximum Gasteiger partial charge on any atom is 0.252 e. The molecule has 3 aromatic carbocycles. The number of carbonyl (C=O) groups excluding carboxylic acids is 2. The number of amides is 1. The Kier molecular flexibility index (Phi) is 6.22. The molecule has 0 spiro atoms. The van der Waals surface area contributed by atoms with Crippen LogP contribution in [0.25, 0.3) is 0 Å². The van der Waals surface area contributed by atoms with Crippen LogP contribution < -0.4 is 10.1 Å². The summed E-state index contributed by atoms with van der Waals surface area (Å²) in [5.41, 5.74) is 3.49. The topological polar surface area (TPSA) is 55.4 Å². The SMILES string of the molecule is Cc1ccc(C)c(OCCNC(=O)c2ccccc2C(=O)c2ccccc2)c1. The average Bonchev–Trinajstić information content (AvgIpc) is 2.73. The lowest BCUT2D eigenvalue weighted by Crippen LogP contribution is -2.29. The minimum Gasteiger partial charge on any atom is -0.491 e. The van der Waals surface area contributed by atoms with E-state index in [9.17, 15) is 9.59 Å². The van der Waals surface area contributed by atoms with E-state index in [1.54, 1.807) is 48.5 Å². The van der Waals surface area contributed by atoms with E-state index in [4.69, 9.17) is 4.74 Å². The lowest BCUT2D eigenvalue weighted by atomic mass is 9.98. The number of hydrogen-bond donors (Lipinski definition) is 1. The largest absolute Gasteiger partial charge is 0.491 e. The summed E-state index contributed by atoms with van der Waals surface area (Å²) in [6.45, 7) is 4.69. The molecule has 4 heteroatoms. The lowest BCUT2D eigenvalue weighted by molar-refractivity contribution is 0.0936. The summed E-state index contributed by atoms with van der Waals surface area (Å²) in [5, 5.41) is 2.83. The van der Waals surface area contributed by atoms with Crippen LogP contribution in [-0.4, -0.2) is 24.8 Å². The van der Waals surface area contributed by atoms with E-state index in [2.05, 4.69) is 5.32 Å². The highest BCUT2D eigenvalue weighted by Crippen LogP contribution is 2.19. The average molecular weight is 373 g/mol. The van der Waals surface area contributed by atoms with Gasteiger partial charge < -0.3 is 10.1 Å². The van der Waals surface area contributed by atoms with Crippen molar-refractivity contribution in [2.24, 2.45) is 0 Å². The number of nitrogens with one attached hydrogen (secondary N) is 1. The quantitative estimate of drug-likeness (QED) is 0.495. The number of ketones is 1. The number of carbonyl (C=O) groups is 2. The van der Waals surface area contributed by atoms with Crippen molar-refractivity contribution in [1.82, 2.24) is 5.32 Å². The molecule has 0 aromatic heterocycles. The Hall–Kier alpha value is -3.40. The van der Waals surface area contributed by atoms with Crippen molar-refractivity contribution < 1.29 is 14.3 Å². The number of hydrogen-bond acceptors (Lipinski definition) is 3. The predicted molar refractivity (Wildman–Crippen MR) is 110 cm³/mol. The van der Waals surface area contributed by atoms with Gasteiger partial charge in [-0.1, -0.05) is 60.7 Å². The Balaban J connectivity index is 1.63. The minimum absolute atomic E-state index is 0.169. The molecule has 0 heterocycles. The first-order valence-electron chi connectivity index (χ1n) is 9.23. The van der Waals surface area contributed by atoms with Gasteiger partial charge in [0.1, 0.15) is 12.4 Å². The highest BCUT2D eigenvalue weighted by molar-refractivity contribution is 6.15. The van der Waals surface area contributed by atoms with E-state index >= 15 is 0 Å². The van der Waals surface area contributed by atoms with Crippen LogP contribution in [0.5, 0.6) is 5.75 Å². The summed E-state index contributed by atoms with van der Waals surface area (Å²) < 4.78 is 5.77. The molecule has 0 aliphatic carbocycles. The van der Waals surface area contributed by atoms with Gasteiger partial charge in [0.25, 0.3) is 5.91 Å². The molecule has 28 heavy (non-hydrogen) atoms. The summed E-state index contributed by atoms with van der Waals surface area (Å²) in [5.74, 6) is 0.358. The van der Waals surface area contributed by atoms with Gasteiger partial charge in [-0.05, 0) is 37.1 Å². The van der Waals surface area contributed by atoms with Crippen molar-refractivity contribution in [3.8, 4) is 5.75 Å². The number of ether oxygens (including phenoxy) is 1. The first-order chi connectivity index (χ1) is 13.6. The van der Waals surface area contributed by atoms with E-state index in [0.29, 0.717) is 29.8 Å². The van der Waals surface area contributed by atoms with Crippen LogP contribution in [0.3, 0.4) is 0 Å². The Morgan fingerprint density at radius 1 is 0.857 bits per heavy atom. The molecular weight excluding hydrogens is 350 g/mol. The first-order valence-corrected chi connectivity index (χ1v) is 9.23. The third kappa shape index (κ3) is 4.65. The molecule has 3 rings (SSSR count). The minimum atomic E-state index is -0.288. The Bertz CT molecular complexity index is 980. The monoisotopic (exact) mass is 373 g/mol. The second-order valence-electron chi connectivity index (χ2n) is 6.61. The molecule has 1 amide bonds. The summed E-state index contributed by atoms with van der Waals surface area (Å²) >= 11 is 0. The first kappa shape index (κ1) is 19.4. The fourth-order valence-corrected chi connectivity index (χ4v) is 2.91. The van der Waals surface area contributed by atoms with E-state index in [1.165, 1.54) is 0 Å². The van der Waals surface area contributed by atoms with Crippen molar-refractivity contribution in [3.63, 3.8) is 0 Å². The Labute approximate surface area is 165 Å². The molecular formula is C24H23NO3. The van der Waals surface area contributed by atoms with Gasteiger partial charge in [-0.3, -0.25) is 9.59 Å². The van der Waals surface area contributed by atoms with Gasteiger partial charge >= 0.3 is 0 Å². The zero-order valence-corrected chi connectivity index (χ0v) is 16.1. The molecule has 0 radical (unpaired) electrons. The van der Waals surface area contributed by atoms with Crippen molar-refractivity contribution in [2.45, 2.75) is 13.8 Å².